The first-order chi connectivity index (χ1) is 15.4. The molecule has 7 heteroatoms. The van der Waals surface area contributed by atoms with Crippen LogP contribution in [0.25, 0.3) is 16.9 Å². The smallest absolute Gasteiger partial charge is 0.220 e. The van der Waals surface area contributed by atoms with Crippen LogP contribution in [0.5, 0.6) is 0 Å². The number of aryl methyl sites for hydroxylation is 3. The van der Waals surface area contributed by atoms with E-state index in [1.165, 1.54) is 12.1 Å². The Balaban J connectivity index is 1.42. The Hall–Kier alpha value is -3.48. The predicted molar refractivity (Wildman–Crippen MR) is 121 cm³/mol. The first kappa shape index (κ1) is 21.7. The van der Waals surface area contributed by atoms with Gasteiger partial charge in [-0.3, -0.25) is 4.79 Å². The standard InChI is InChI=1S/C25H27FN4O2/c1-16(9-10-21-8-5-13-32-21)27-25(31)12-11-22-17(2)28-24-15-23(29-30(24)18(22)3)19-6-4-7-20(26)14-19/h4-8,13-16H,9-12H2,1-3H3,(H,27,31)/t16-/m0/s1. The summed E-state index contributed by atoms with van der Waals surface area (Å²) in [4.78, 5) is 17.1. The van der Waals surface area contributed by atoms with Crippen molar-refractivity contribution in [1.29, 1.82) is 0 Å². The summed E-state index contributed by atoms with van der Waals surface area (Å²) in [6.45, 7) is 5.92. The average Bonchev–Trinajstić information content (AvgIpc) is 3.42. The van der Waals surface area contributed by atoms with Crippen LogP contribution in [0.1, 0.15) is 42.5 Å². The summed E-state index contributed by atoms with van der Waals surface area (Å²) in [6.07, 6.45) is 4.22. The van der Waals surface area contributed by atoms with E-state index in [4.69, 9.17) is 4.42 Å². The lowest BCUT2D eigenvalue weighted by Crippen LogP contribution is -2.33. The Bertz CT molecular complexity index is 1230. The molecule has 32 heavy (non-hydrogen) atoms. The fourth-order valence-corrected chi connectivity index (χ4v) is 3.95. The maximum atomic E-state index is 13.6. The van der Waals surface area contributed by atoms with E-state index in [0.29, 0.717) is 29.7 Å². The summed E-state index contributed by atoms with van der Waals surface area (Å²) in [5.41, 5.74) is 4.90. The van der Waals surface area contributed by atoms with Crippen LogP contribution in [-0.2, 0) is 17.6 Å². The van der Waals surface area contributed by atoms with Crippen LogP contribution in [0.4, 0.5) is 4.39 Å². The maximum absolute atomic E-state index is 13.6. The van der Waals surface area contributed by atoms with Crippen molar-refractivity contribution in [2.75, 3.05) is 0 Å². The zero-order valence-electron chi connectivity index (χ0n) is 18.6. The van der Waals surface area contributed by atoms with Crippen molar-refractivity contribution >= 4 is 11.6 Å². The van der Waals surface area contributed by atoms with Crippen molar-refractivity contribution in [1.82, 2.24) is 19.9 Å². The van der Waals surface area contributed by atoms with Gasteiger partial charge in [0.2, 0.25) is 5.91 Å². The van der Waals surface area contributed by atoms with Crippen molar-refractivity contribution in [3.05, 3.63) is 77.3 Å². The molecule has 3 aromatic heterocycles. The summed E-state index contributed by atoms with van der Waals surface area (Å²) in [5, 5.41) is 7.69. The van der Waals surface area contributed by atoms with Crippen LogP contribution in [0.15, 0.2) is 53.1 Å². The molecule has 6 nitrogen and oxygen atoms in total. The van der Waals surface area contributed by atoms with Crippen LogP contribution in [-0.4, -0.2) is 26.5 Å². The summed E-state index contributed by atoms with van der Waals surface area (Å²) in [5.74, 6) is 0.635. The molecule has 0 saturated carbocycles. The molecular formula is C25H27FN4O2. The van der Waals surface area contributed by atoms with E-state index < -0.39 is 0 Å². The molecule has 0 aliphatic carbocycles. The highest BCUT2D eigenvalue weighted by molar-refractivity contribution is 5.76. The quantitative estimate of drug-likeness (QED) is 0.432. The first-order valence-electron chi connectivity index (χ1n) is 10.8. The molecule has 3 heterocycles. The molecule has 0 unspecified atom stereocenters. The highest BCUT2D eigenvalue weighted by atomic mass is 19.1. The average molecular weight is 435 g/mol. The minimum Gasteiger partial charge on any atom is -0.469 e. The molecule has 4 rings (SSSR count). The number of amides is 1. The topological polar surface area (TPSA) is 72.4 Å². The normalized spacial score (nSPS) is 12.2. The summed E-state index contributed by atoms with van der Waals surface area (Å²) >= 11 is 0. The number of aromatic nitrogens is 3. The van der Waals surface area contributed by atoms with Gasteiger partial charge >= 0.3 is 0 Å². The third-order valence-electron chi connectivity index (χ3n) is 5.70. The number of halogens is 1. The molecule has 1 aromatic carbocycles. The Labute approximate surface area is 186 Å². The Morgan fingerprint density at radius 3 is 2.78 bits per heavy atom. The molecule has 0 fully saturated rings. The lowest BCUT2D eigenvalue weighted by atomic mass is 10.1. The number of carbonyl (C=O) groups is 1. The number of rotatable bonds is 8. The first-order valence-corrected chi connectivity index (χ1v) is 10.8. The molecular weight excluding hydrogens is 407 g/mol. The Morgan fingerprint density at radius 2 is 2.03 bits per heavy atom. The Kier molecular flexibility index (Phi) is 6.35. The van der Waals surface area contributed by atoms with Crippen LogP contribution < -0.4 is 5.32 Å². The van der Waals surface area contributed by atoms with Gasteiger partial charge in [-0.15, -0.1) is 0 Å². The van der Waals surface area contributed by atoms with Gasteiger partial charge in [-0.2, -0.15) is 5.10 Å². The minimum atomic E-state index is -0.300. The van der Waals surface area contributed by atoms with Gasteiger partial charge in [0.1, 0.15) is 11.6 Å². The minimum absolute atomic E-state index is 0.0109. The number of nitrogens with one attached hydrogen (secondary N) is 1. The van der Waals surface area contributed by atoms with Gasteiger partial charge in [0.25, 0.3) is 0 Å². The number of hydrogen-bond donors (Lipinski definition) is 1. The third-order valence-corrected chi connectivity index (χ3v) is 5.70. The van der Waals surface area contributed by atoms with Crippen LogP contribution >= 0.6 is 0 Å². The van der Waals surface area contributed by atoms with E-state index in [2.05, 4.69) is 15.4 Å². The fourth-order valence-electron chi connectivity index (χ4n) is 3.95. The lowest BCUT2D eigenvalue weighted by Gasteiger charge is -2.14. The van der Waals surface area contributed by atoms with E-state index in [1.54, 1.807) is 16.8 Å². The van der Waals surface area contributed by atoms with Crippen molar-refractivity contribution in [2.45, 2.75) is 52.5 Å². The second-order valence-electron chi connectivity index (χ2n) is 8.16. The second kappa shape index (κ2) is 9.34. The SMILES string of the molecule is Cc1nc2cc(-c3cccc(F)c3)nn2c(C)c1CCC(=O)N[C@@H](C)CCc1ccco1. The molecule has 0 radical (unpaired) electrons. The summed E-state index contributed by atoms with van der Waals surface area (Å²) < 4.78 is 20.7. The molecule has 1 amide bonds. The molecule has 1 atom stereocenters. The van der Waals surface area contributed by atoms with Crippen molar-refractivity contribution in [3.63, 3.8) is 0 Å². The maximum Gasteiger partial charge on any atom is 0.220 e. The summed E-state index contributed by atoms with van der Waals surface area (Å²) in [6, 6.07) is 12.1. The molecule has 0 bridgehead atoms. The zero-order valence-corrected chi connectivity index (χ0v) is 18.6. The third kappa shape index (κ3) is 4.88. The van der Waals surface area contributed by atoms with Gasteiger partial charge in [-0.1, -0.05) is 12.1 Å². The highest BCUT2D eigenvalue weighted by Crippen LogP contribution is 2.23. The fraction of sp³-hybridized carbons (Fsp3) is 0.320. The van der Waals surface area contributed by atoms with E-state index >= 15 is 0 Å². The molecule has 166 valence electrons. The van der Waals surface area contributed by atoms with Crippen molar-refractivity contribution in [3.8, 4) is 11.3 Å². The molecule has 0 saturated heterocycles. The van der Waals surface area contributed by atoms with Gasteiger partial charge in [0.05, 0.1) is 12.0 Å². The number of fused-ring (bicyclic) bond motifs is 1. The second-order valence-corrected chi connectivity index (χ2v) is 8.16. The summed E-state index contributed by atoms with van der Waals surface area (Å²) in [7, 11) is 0. The van der Waals surface area contributed by atoms with E-state index in [1.807, 2.05) is 45.0 Å². The van der Waals surface area contributed by atoms with E-state index in [9.17, 15) is 9.18 Å². The number of nitrogens with zero attached hydrogens (tertiary/aromatic N) is 3. The van der Waals surface area contributed by atoms with Gasteiger partial charge < -0.3 is 9.73 Å². The molecule has 1 N–H and O–H groups in total. The van der Waals surface area contributed by atoms with Gasteiger partial charge in [0.15, 0.2) is 5.65 Å². The highest BCUT2D eigenvalue weighted by Gasteiger charge is 2.15. The number of hydrogen-bond acceptors (Lipinski definition) is 4. The monoisotopic (exact) mass is 434 g/mol. The van der Waals surface area contributed by atoms with Gasteiger partial charge in [0, 0.05) is 41.9 Å². The molecule has 4 aromatic rings. The molecule has 0 aliphatic heterocycles. The van der Waals surface area contributed by atoms with Crippen LogP contribution in [0.2, 0.25) is 0 Å². The lowest BCUT2D eigenvalue weighted by molar-refractivity contribution is -0.121. The van der Waals surface area contributed by atoms with Crippen molar-refractivity contribution < 1.29 is 13.6 Å². The van der Waals surface area contributed by atoms with Crippen LogP contribution in [0, 0.1) is 19.7 Å². The number of benzene rings is 1. The van der Waals surface area contributed by atoms with E-state index in [0.717, 1.165) is 35.6 Å². The zero-order chi connectivity index (χ0) is 22.7. The van der Waals surface area contributed by atoms with Gasteiger partial charge in [-0.25, -0.2) is 13.9 Å². The van der Waals surface area contributed by atoms with Crippen molar-refractivity contribution in [2.24, 2.45) is 0 Å². The van der Waals surface area contributed by atoms with Crippen LogP contribution in [0.3, 0.4) is 0 Å². The Morgan fingerprint density at radius 1 is 1.19 bits per heavy atom. The largest absolute Gasteiger partial charge is 0.469 e. The van der Waals surface area contributed by atoms with E-state index in [-0.39, 0.29) is 17.8 Å². The van der Waals surface area contributed by atoms with Gasteiger partial charge in [-0.05, 0) is 63.4 Å². The molecule has 0 spiro atoms. The predicted octanol–water partition coefficient (Wildman–Crippen LogP) is 4.82. The molecule has 0 aliphatic rings. The number of carbonyl (C=O) groups excluding carboxylic acids is 1. The number of furan rings is 1.